The molecule has 2 aromatic carbocycles. The first-order valence-electron chi connectivity index (χ1n) is 7.11. The molecule has 0 bridgehead atoms. The Hall–Kier alpha value is -2.54. The number of esters is 1. The van der Waals surface area contributed by atoms with E-state index in [1.54, 1.807) is 24.3 Å². The Kier molecular flexibility index (Phi) is 6.03. The normalized spacial score (nSPS) is 11.0. The molecule has 0 heterocycles. The number of anilines is 1. The lowest BCUT2D eigenvalue weighted by Gasteiger charge is -2.10. The number of ether oxygens (including phenoxy) is 1. The number of benzene rings is 2. The molecule has 0 saturated carbocycles. The predicted octanol–water partition coefficient (Wildman–Crippen LogP) is 4.08. The van der Waals surface area contributed by atoms with Crippen molar-refractivity contribution in [1.82, 2.24) is 0 Å². The van der Waals surface area contributed by atoms with Gasteiger partial charge in [-0.3, -0.25) is 9.59 Å². The number of hydrogen-bond donors (Lipinski definition) is 1. The molecule has 25 heavy (non-hydrogen) atoms. The topological polar surface area (TPSA) is 55.4 Å². The van der Waals surface area contributed by atoms with Crippen LogP contribution in [0.5, 0.6) is 0 Å². The van der Waals surface area contributed by atoms with Crippen LogP contribution < -0.4 is 5.32 Å². The minimum absolute atomic E-state index is 0.0337. The lowest BCUT2D eigenvalue weighted by molar-refractivity contribution is -0.146. The van der Waals surface area contributed by atoms with Crippen molar-refractivity contribution in [2.75, 3.05) is 11.9 Å². The first-order valence-corrected chi connectivity index (χ1v) is 7.49. The van der Waals surface area contributed by atoms with Crippen molar-refractivity contribution >= 4 is 29.2 Å². The summed E-state index contributed by atoms with van der Waals surface area (Å²) in [5.74, 6) is -1.37. The number of carbonyl (C=O) groups excluding carboxylic acids is 2. The molecular weight excluding hydrogens is 359 g/mol. The van der Waals surface area contributed by atoms with E-state index in [9.17, 15) is 22.8 Å². The molecule has 0 aliphatic heterocycles. The standard InChI is InChI=1S/C17H13ClF3NO3/c18-13-6-4-11(5-7-13)8-16(24)25-10-15(23)22-14-3-1-2-12(9-14)17(19,20)21/h1-7,9H,8,10H2,(H,22,23). The van der Waals surface area contributed by atoms with Gasteiger partial charge < -0.3 is 10.1 Å². The van der Waals surface area contributed by atoms with Crippen LogP contribution in [0.2, 0.25) is 5.02 Å². The van der Waals surface area contributed by atoms with E-state index in [0.29, 0.717) is 10.6 Å². The van der Waals surface area contributed by atoms with Gasteiger partial charge in [-0.1, -0.05) is 29.8 Å². The molecule has 0 spiro atoms. The highest BCUT2D eigenvalue weighted by atomic mass is 35.5. The third kappa shape index (κ3) is 6.11. The molecule has 2 rings (SSSR count). The minimum atomic E-state index is -4.51. The average Bonchev–Trinajstić information content (AvgIpc) is 2.55. The number of carbonyl (C=O) groups is 2. The molecule has 1 amide bonds. The van der Waals surface area contributed by atoms with Crippen molar-refractivity contribution < 1.29 is 27.5 Å². The number of amides is 1. The quantitative estimate of drug-likeness (QED) is 0.806. The van der Waals surface area contributed by atoms with Gasteiger partial charge in [0, 0.05) is 10.7 Å². The molecule has 0 saturated heterocycles. The van der Waals surface area contributed by atoms with Gasteiger partial charge in [0.2, 0.25) is 0 Å². The minimum Gasteiger partial charge on any atom is -0.455 e. The van der Waals surface area contributed by atoms with Gasteiger partial charge in [0.05, 0.1) is 12.0 Å². The van der Waals surface area contributed by atoms with E-state index in [0.717, 1.165) is 12.1 Å². The monoisotopic (exact) mass is 371 g/mol. The Morgan fingerprint density at radius 3 is 2.40 bits per heavy atom. The molecule has 4 nitrogen and oxygen atoms in total. The molecule has 0 aliphatic rings. The van der Waals surface area contributed by atoms with Crippen molar-refractivity contribution in [3.05, 3.63) is 64.7 Å². The van der Waals surface area contributed by atoms with Crippen molar-refractivity contribution in [3.8, 4) is 0 Å². The van der Waals surface area contributed by atoms with Crippen LogP contribution in [0.15, 0.2) is 48.5 Å². The number of alkyl halides is 3. The Balaban J connectivity index is 1.84. The number of hydrogen-bond acceptors (Lipinski definition) is 3. The highest BCUT2D eigenvalue weighted by Crippen LogP contribution is 2.30. The van der Waals surface area contributed by atoms with Crippen molar-refractivity contribution in [1.29, 1.82) is 0 Å². The first-order chi connectivity index (χ1) is 11.7. The van der Waals surface area contributed by atoms with Gasteiger partial charge >= 0.3 is 12.1 Å². The maximum atomic E-state index is 12.6. The fourth-order valence-electron chi connectivity index (χ4n) is 1.94. The summed E-state index contributed by atoms with van der Waals surface area (Å²) in [5, 5.41) is 2.77. The van der Waals surface area contributed by atoms with Gasteiger partial charge in [0.15, 0.2) is 6.61 Å². The van der Waals surface area contributed by atoms with Gasteiger partial charge in [-0.15, -0.1) is 0 Å². The van der Waals surface area contributed by atoms with Gasteiger partial charge in [0.25, 0.3) is 5.91 Å². The van der Waals surface area contributed by atoms with E-state index in [2.05, 4.69) is 5.32 Å². The van der Waals surface area contributed by atoms with Crippen LogP contribution in [0.4, 0.5) is 18.9 Å². The lowest BCUT2D eigenvalue weighted by Crippen LogP contribution is -2.21. The molecule has 0 radical (unpaired) electrons. The van der Waals surface area contributed by atoms with E-state index in [1.165, 1.54) is 12.1 Å². The summed E-state index contributed by atoms with van der Waals surface area (Å²) in [7, 11) is 0. The molecule has 0 fully saturated rings. The van der Waals surface area contributed by atoms with Crippen molar-refractivity contribution in [2.45, 2.75) is 12.6 Å². The average molecular weight is 372 g/mol. The summed E-state index contributed by atoms with van der Waals surface area (Å²) in [5.41, 5.74) is -0.258. The summed E-state index contributed by atoms with van der Waals surface area (Å²) in [6, 6.07) is 10.7. The Labute approximate surface area is 146 Å². The van der Waals surface area contributed by atoms with Crippen molar-refractivity contribution in [3.63, 3.8) is 0 Å². The largest absolute Gasteiger partial charge is 0.455 e. The second-order valence-electron chi connectivity index (χ2n) is 5.09. The Morgan fingerprint density at radius 1 is 1.08 bits per heavy atom. The summed E-state index contributed by atoms with van der Waals surface area (Å²) in [4.78, 5) is 23.3. The molecule has 2 aromatic rings. The van der Waals surface area contributed by atoms with E-state index >= 15 is 0 Å². The third-order valence-electron chi connectivity index (χ3n) is 3.10. The maximum Gasteiger partial charge on any atom is 0.416 e. The SMILES string of the molecule is O=C(COC(=O)Cc1ccc(Cl)cc1)Nc1cccc(C(F)(F)F)c1. The van der Waals surface area contributed by atoms with Crippen LogP contribution in [0.1, 0.15) is 11.1 Å². The zero-order valence-corrected chi connectivity index (χ0v) is 13.5. The van der Waals surface area contributed by atoms with E-state index in [1.807, 2.05) is 0 Å². The van der Waals surface area contributed by atoms with Crippen molar-refractivity contribution in [2.24, 2.45) is 0 Å². The second-order valence-corrected chi connectivity index (χ2v) is 5.53. The summed E-state index contributed by atoms with van der Waals surface area (Å²) in [6.07, 6.45) is -4.56. The Bertz CT molecular complexity index is 760. The smallest absolute Gasteiger partial charge is 0.416 e. The lowest BCUT2D eigenvalue weighted by atomic mass is 10.1. The van der Waals surface area contributed by atoms with Crippen LogP contribution in [0, 0.1) is 0 Å². The van der Waals surface area contributed by atoms with Crippen LogP contribution in [-0.4, -0.2) is 18.5 Å². The maximum absolute atomic E-state index is 12.6. The fraction of sp³-hybridized carbons (Fsp3) is 0.176. The van der Waals surface area contributed by atoms with Crippen LogP contribution in [0.3, 0.4) is 0 Å². The van der Waals surface area contributed by atoms with E-state index in [-0.39, 0.29) is 12.1 Å². The summed E-state index contributed by atoms with van der Waals surface area (Å²) < 4.78 is 42.6. The highest BCUT2D eigenvalue weighted by Gasteiger charge is 2.30. The second kappa shape index (κ2) is 8.02. The molecule has 1 N–H and O–H groups in total. The van der Waals surface area contributed by atoms with Crippen LogP contribution >= 0.6 is 11.6 Å². The van der Waals surface area contributed by atoms with Crippen LogP contribution in [-0.2, 0) is 26.9 Å². The number of nitrogens with one attached hydrogen (secondary N) is 1. The third-order valence-corrected chi connectivity index (χ3v) is 3.35. The summed E-state index contributed by atoms with van der Waals surface area (Å²) >= 11 is 5.73. The zero-order valence-electron chi connectivity index (χ0n) is 12.8. The number of halogens is 4. The van der Waals surface area contributed by atoms with Gasteiger partial charge in [-0.2, -0.15) is 13.2 Å². The number of rotatable bonds is 5. The first kappa shape index (κ1) is 18.8. The van der Waals surface area contributed by atoms with E-state index < -0.39 is 30.2 Å². The van der Waals surface area contributed by atoms with Gasteiger partial charge in [0.1, 0.15) is 0 Å². The van der Waals surface area contributed by atoms with Gasteiger partial charge in [-0.25, -0.2) is 0 Å². The zero-order chi connectivity index (χ0) is 18.4. The molecule has 0 aromatic heterocycles. The molecule has 0 unspecified atom stereocenters. The highest BCUT2D eigenvalue weighted by molar-refractivity contribution is 6.30. The van der Waals surface area contributed by atoms with Gasteiger partial charge in [-0.05, 0) is 35.9 Å². The summed E-state index contributed by atoms with van der Waals surface area (Å²) in [6.45, 7) is -0.595. The Morgan fingerprint density at radius 2 is 1.76 bits per heavy atom. The molecular formula is C17H13ClF3NO3. The molecule has 132 valence electrons. The molecule has 8 heteroatoms. The predicted molar refractivity (Wildman–Crippen MR) is 86.2 cm³/mol. The fourth-order valence-corrected chi connectivity index (χ4v) is 2.06. The molecule has 0 aliphatic carbocycles. The molecule has 0 atom stereocenters. The van der Waals surface area contributed by atoms with E-state index in [4.69, 9.17) is 16.3 Å². The van der Waals surface area contributed by atoms with Crippen LogP contribution in [0.25, 0.3) is 0 Å².